The Kier molecular flexibility index (Phi) is 3.44. The Morgan fingerprint density at radius 3 is 2.62 bits per heavy atom. The number of nitrogens with one attached hydrogen (secondary N) is 2. The van der Waals surface area contributed by atoms with Crippen molar-refractivity contribution in [2.45, 2.75) is 17.9 Å². The van der Waals surface area contributed by atoms with Crippen molar-refractivity contribution >= 4 is 20.8 Å². The fourth-order valence-electron chi connectivity index (χ4n) is 2.11. The van der Waals surface area contributed by atoms with Gasteiger partial charge in [0, 0.05) is 0 Å². The second-order valence-corrected chi connectivity index (χ2v) is 6.44. The Bertz CT molecular complexity index is 860. The quantitative estimate of drug-likeness (QED) is 0.771. The lowest BCUT2D eigenvalue weighted by Gasteiger charge is -2.12. The van der Waals surface area contributed by atoms with Crippen LogP contribution < -0.4 is 4.72 Å². The van der Waals surface area contributed by atoms with E-state index < -0.39 is 16.1 Å². The summed E-state index contributed by atoms with van der Waals surface area (Å²) in [5.41, 5.74) is 0. The minimum absolute atomic E-state index is 0.229. The molecule has 0 saturated carbocycles. The van der Waals surface area contributed by atoms with E-state index in [0.717, 1.165) is 10.8 Å². The molecule has 0 aliphatic rings. The topological polar surface area (TPSA) is 87.7 Å². The Morgan fingerprint density at radius 2 is 1.90 bits per heavy atom. The molecule has 0 spiro atoms. The van der Waals surface area contributed by atoms with E-state index in [9.17, 15) is 8.42 Å². The van der Waals surface area contributed by atoms with Crippen molar-refractivity contribution in [2.24, 2.45) is 0 Å². The van der Waals surface area contributed by atoms with E-state index in [1.54, 1.807) is 25.1 Å². The molecule has 1 heterocycles. The molecule has 1 unspecified atom stereocenters. The van der Waals surface area contributed by atoms with Crippen molar-refractivity contribution in [1.29, 1.82) is 0 Å². The first-order chi connectivity index (χ1) is 10.1. The average Bonchev–Trinajstić information content (AvgIpc) is 3.00. The van der Waals surface area contributed by atoms with Gasteiger partial charge in [-0.3, -0.25) is 5.10 Å². The lowest BCUT2D eigenvalue weighted by Crippen LogP contribution is -2.27. The molecule has 0 bridgehead atoms. The van der Waals surface area contributed by atoms with Gasteiger partial charge in [0.2, 0.25) is 10.0 Å². The highest BCUT2D eigenvalue weighted by Crippen LogP contribution is 2.20. The van der Waals surface area contributed by atoms with Gasteiger partial charge in [-0.2, -0.15) is 5.10 Å². The van der Waals surface area contributed by atoms with Crippen molar-refractivity contribution in [3.63, 3.8) is 0 Å². The molecule has 3 rings (SSSR count). The molecule has 3 aromatic rings. The van der Waals surface area contributed by atoms with Crippen LogP contribution in [-0.4, -0.2) is 23.6 Å². The minimum Gasteiger partial charge on any atom is -0.262 e. The number of hydrogen-bond donors (Lipinski definition) is 2. The van der Waals surface area contributed by atoms with Gasteiger partial charge in [0.1, 0.15) is 12.2 Å². The van der Waals surface area contributed by atoms with Crippen LogP contribution >= 0.6 is 0 Å². The third-order valence-electron chi connectivity index (χ3n) is 3.21. The molecule has 6 nitrogen and oxygen atoms in total. The summed E-state index contributed by atoms with van der Waals surface area (Å²) in [6.45, 7) is 1.71. The van der Waals surface area contributed by atoms with E-state index in [1.807, 2.05) is 24.3 Å². The molecule has 0 radical (unpaired) electrons. The van der Waals surface area contributed by atoms with E-state index >= 15 is 0 Å². The maximum absolute atomic E-state index is 12.4. The third-order valence-corrected chi connectivity index (χ3v) is 4.75. The van der Waals surface area contributed by atoms with Crippen LogP contribution in [0.4, 0.5) is 0 Å². The minimum atomic E-state index is -3.61. The summed E-state index contributed by atoms with van der Waals surface area (Å²) in [7, 11) is -3.61. The number of aromatic nitrogens is 3. The summed E-state index contributed by atoms with van der Waals surface area (Å²) in [6, 6.07) is 12.2. The number of hydrogen-bond acceptors (Lipinski definition) is 4. The predicted molar refractivity (Wildman–Crippen MR) is 79.1 cm³/mol. The molecule has 2 aromatic carbocycles. The molecular formula is C14H14N4O2S. The lowest BCUT2D eigenvalue weighted by atomic mass is 10.1. The standard InChI is InChI=1S/C14H14N4O2S/c1-10(14-15-9-16-17-14)18-21(19,20)13-7-6-11-4-2-3-5-12(11)8-13/h2-10,18H,1H3,(H,15,16,17). The Morgan fingerprint density at radius 1 is 1.14 bits per heavy atom. The van der Waals surface area contributed by atoms with Gasteiger partial charge in [-0.25, -0.2) is 18.1 Å². The summed E-state index contributed by atoms with van der Waals surface area (Å²) in [5.74, 6) is 0.472. The maximum Gasteiger partial charge on any atom is 0.241 e. The van der Waals surface area contributed by atoms with Crippen molar-refractivity contribution < 1.29 is 8.42 Å². The van der Waals surface area contributed by atoms with Gasteiger partial charge in [-0.05, 0) is 29.8 Å². The molecule has 0 aliphatic carbocycles. The van der Waals surface area contributed by atoms with E-state index in [-0.39, 0.29) is 4.90 Å². The van der Waals surface area contributed by atoms with Crippen molar-refractivity contribution in [2.75, 3.05) is 0 Å². The second kappa shape index (κ2) is 5.27. The van der Waals surface area contributed by atoms with Crippen molar-refractivity contribution in [3.8, 4) is 0 Å². The van der Waals surface area contributed by atoms with Crippen LogP contribution in [-0.2, 0) is 10.0 Å². The zero-order chi connectivity index (χ0) is 14.9. The molecule has 2 N–H and O–H groups in total. The fraction of sp³-hybridized carbons (Fsp3) is 0.143. The summed E-state index contributed by atoms with van der Waals surface area (Å²) in [5, 5.41) is 8.25. The van der Waals surface area contributed by atoms with Crippen LogP contribution in [0, 0.1) is 0 Å². The summed E-state index contributed by atoms with van der Waals surface area (Å²) < 4.78 is 27.4. The molecule has 108 valence electrons. The summed E-state index contributed by atoms with van der Waals surface area (Å²) in [6.07, 6.45) is 1.34. The monoisotopic (exact) mass is 302 g/mol. The lowest BCUT2D eigenvalue weighted by molar-refractivity contribution is 0.560. The number of fused-ring (bicyclic) bond motifs is 1. The first kappa shape index (κ1) is 13.7. The van der Waals surface area contributed by atoms with Crippen LogP contribution in [0.1, 0.15) is 18.8 Å². The molecule has 7 heteroatoms. The number of nitrogens with zero attached hydrogens (tertiary/aromatic N) is 2. The van der Waals surface area contributed by atoms with Crippen LogP contribution in [0.15, 0.2) is 53.7 Å². The van der Waals surface area contributed by atoms with Crippen LogP contribution in [0.2, 0.25) is 0 Å². The maximum atomic E-state index is 12.4. The third kappa shape index (κ3) is 2.79. The number of rotatable bonds is 4. The Hall–Kier alpha value is -2.25. The normalized spacial score (nSPS) is 13.4. The smallest absolute Gasteiger partial charge is 0.241 e. The molecule has 0 amide bonds. The zero-order valence-electron chi connectivity index (χ0n) is 11.3. The van der Waals surface area contributed by atoms with E-state index in [1.165, 1.54) is 6.33 Å². The van der Waals surface area contributed by atoms with Gasteiger partial charge in [-0.1, -0.05) is 30.3 Å². The summed E-state index contributed by atoms with van der Waals surface area (Å²) >= 11 is 0. The zero-order valence-corrected chi connectivity index (χ0v) is 12.1. The second-order valence-electron chi connectivity index (χ2n) is 4.72. The van der Waals surface area contributed by atoms with Gasteiger partial charge < -0.3 is 0 Å². The molecule has 1 aromatic heterocycles. The van der Waals surface area contributed by atoms with Gasteiger partial charge >= 0.3 is 0 Å². The van der Waals surface area contributed by atoms with Gasteiger partial charge in [0.15, 0.2) is 0 Å². The van der Waals surface area contributed by atoms with Crippen LogP contribution in [0.5, 0.6) is 0 Å². The van der Waals surface area contributed by atoms with E-state index in [2.05, 4.69) is 19.9 Å². The summed E-state index contributed by atoms with van der Waals surface area (Å²) in [4.78, 5) is 4.18. The molecule has 0 fully saturated rings. The van der Waals surface area contributed by atoms with Gasteiger partial charge in [0.25, 0.3) is 0 Å². The molecule has 21 heavy (non-hydrogen) atoms. The Balaban J connectivity index is 1.92. The van der Waals surface area contributed by atoms with Crippen LogP contribution in [0.3, 0.4) is 0 Å². The Labute approximate surface area is 122 Å². The molecular weight excluding hydrogens is 288 g/mol. The largest absolute Gasteiger partial charge is 0.262 e. The number of sulfonamides is 1. The first-order valence-corrected chi connectivity index (χ1v) is 7.91. The highest BCUT2D eigenvalue weighted by Gasteiger charge is 2.20. The first-order valence-electron chi connectivity index (χ1n) is 6.43. The molecule has 0 saturated heterocycles. The van der Waals surface area contributed by atoms with Gasteiger partial charge in [0.05, 0.1) is 10.9 Å². The molecule has 1 atom stereocenters. The van der Waals surface area contributed by atoms with Crippen molar-refractivity contribution in [1.82, 2.24) is 19.9 Å². The van der Waals surface area contributed by atoms with Gasteiger partial charge in [-0.15, -0.1) is 0 Å². The average molecular weight is 302 g/mol. The number of H-pyrrole nitrogens is 1. The highest BCUT2D eigenvalue weighted by molar-refractivity contribution is 7.89. The predicted octanol–water partition coefficient (Wildman–Crippen LogP) is 2.00. The molecule has 0 aliphatic heterocycles. The SMILES string of the molecule is CC(NS(=O)(=O)c1ccc2ccccc2c1)c1ncn[nH]1. The van der Waals surface area contributed by atoms with E-state index in [4.69, 9.17) is 0 Å². The number of aromatic amines is 1. The fourth-order valence-corrected chi connectivity index (χ4v) is 3.36. The van der Waals surface area contributed by atoms with Crippen molar-refractivity contribution in [3.05, 3.63) is 54.6 Å². The highest BCUT2D eigenvalue weighted by atomic mass is 32.2. The van der Waals surface area contributed by atoms with E-state index in [0.29, 0.717) is 5.82 Å². The number of benzene rings is 2. The van der Waals surface area contributed by atoms with Crippen LogP contribution in [0.25, 0.3) is 10.8 Å².